The Morgan fingerprint density at radius 2 is 2.06 bits per heavy atom. The van der Waals surface area contributed by atoms with Crippen molar-refractivity contribution in [2.45, 2.75) is 24.8 Å². The van der Waals surface area contributed by atoms with Crippen molar-refractivity contribution in [2.75, 3.05) is 26.4 Å². The van der Waals surface area contributed by atoms with Gasteiger partial charge in [0.1, 0.15) is 0 Å². The summed E-state index contributed by atoms with van der Waals surface area (Å²) in [6, 6.07) is 8.67. The summed E-state index contributed by atoms with van der Waals surface area (Å²) in [6.45, 7) is 2.03. The fraction of sp³-hybridized carbons (Fsp3) is 0.571. The van der Waals surface area contributed by atoms with Crippen LogP contribution in [0.1, 0.15) is 24.3 Å². The molecule has 1 fully saturated rings. The second-order valence-electron chi connectivity index (χ2n) is 4.68. The summed E-state index contributed by atoms with van der Waals surface area (Å²) < 4.78 is 5.20. The third-order valence-corrected chi connectivity index (χ3v) is 3.74. The van der Waals surface area contributed by atoms with Gasteiger partial charge in [-0.2, -0.15) is 0 Å². The number of halogens is 1. The average Bonchev–Trinajstić information content (AvgIpc) is 2.33. The van der Waals surface area contributed by atoms with Gasteiger partial charge in [-0.05, 0) is 30.4 Å². The summed E-state index contributed by atoms with van der Waals surface area (Å²) in [6.07, 6.45) is 2.29. The lowest BCUT2D eigenvalue weighted by Crippen LogP contribution is -2.41. The minimum atomic E-state index is 0.0952. The first-order chi connectivity index (χ1) is 8.81. The zero-order chi connectivity index (χ0) is 12.8. The first-order valence-corrected chi connectivity index (χ1v) is 6.85. The van der Waals surface area contributed by atoms with E-state index in [1.807, 2.05) is 18.2 Å². The van der Waals surface area contributed by atoms with Crippen molar-refractivity contribution in [1.29, 1.82) is 0 Å². The van der Waals surface area contributed by atoms with E-state index in [1.54, 1.807) is 0 Å². The Morgan fingerprint density at radius 3 is 2.78 bits per heavy atom. The Labute approximate surface area is 113 Å². The molecule has 0 aliphatic heterocycles. The number of benzene rings is 1. The number of rotatable bonds is 7. The van der Waals surface area contributed by atoms with Gasteiger partial charge < -0.3 is 15.2 Å². The molecule has 1 aromatic rings. The van der Waals surface area contributed by atoms with Crippen LogP contribution in [0.25, 0.3) is 0 Å². The summed E-state index contributed by atoms with van der Waals surface area (Å²) in [5.74, 6) is 0.592. The van der Waals surface area contributed by atoms with Crippen LogP contribution in [-0.4, -0.2) is 37.5 Å². The monoisotopic (exact) mass is 269 g/mol. The lowest BCUT2D eigenvalue weighted by atomic mass is 9.76. The maximum atomic E-state index is 8.56. The lowest BCUT2D eigenvalue weighted by Gasteiger charge is -2.36. The van der Waals surface area contributed by atoms with Crippen LogP contribution < -0.4 is 5.32 Å². The molecule has 2 N–H and O–H groups in total. The number of nitrogens with one attached hydrogen (secondary N) is 1. The summed E-state index contributed by atoms with van der Waals surface area (Å²) in [5.41, 5.74) is 1.27. The van der Waals surface area contributed by atoms with E-state index in [0.717, 1.165) is 24.4 Å². The molecule has 0 saturated heterocycles. The number of ether oxygens (including phenoxy) is 1. The molecular formula is C14H20ClNO2. The molecule has 1 saturated carbocycles. The Bertz CT molecular complexity index is 367. The first-order valence-electron chi connectivity index (χ1n) is 6.47. The van der Waals surface area contributed by atoms with Crippen LogP contribution >= 0.6 is 11.6 Å². The number of aliphatic hydroxyl groups excluding tert-OH is 1. The van der Waals surface area contributed by atoms with E-state index in [1.165, 1.54) is 5.56 Å². The van der Waals surface area contributed by atoms with E-state index in [0.29, 0.717) is 25.2 Å². The zero-order valence-corrected chi connectivity index (χ0v) is 11.2. The smallest absolute Gasteiger partial charge is 0.0698 e. The molecule has 4 heteroatoms. The molecule has 0 radical (unpaired) electrons. The van der Waals surface area contributed by atoms with Crippen molar-refractivity contribution in [2.24, 2.45) is 0 Å². The van der Waals surface area contributed by atoms with Crippen LogP contribution in [0.4, 0.5) is 0 Å². The van der Waals surface area contributed by atoms with Crippen molar-refractivity contribution in [3.8, 4) is 0 Å². The summed E-state index contributed by atoms with van der Waals surface area (Å²) in [4.78, 5) is 0. The van der Waals surface area contributed by atoms with Gasteiger partial charge in [0, 0.05) is 17.6 Å². The molecule has 3 nitrogen and oxygen atoms in total. The Kier molecular flexibility index (Phi) is 5.45. The van der Waals surface area contributed by atoms with E-state index in [4.69, 9.17) is 21.4 Å². The highest BCUT2D eigenvalue weighted by molar-refractivity contribution is 6.31. The van der Waals surface area contributed by atoms with Crippen LogP contribution in [0.5, 0.6) is 0 Å². The third kappa shape index (κ3) is 3.69. The third-order valence-electron chi connectivity index (χ3n) is 3.40. The normalized spacial score (nSPS) is 22.8. The molecule has 18 heavy (non-hydrogen) atoms. The fourth-order valence-electron chi connectivity index (χ4n) is 2.35. The molecule has 1 aliphatic carbocycles. The van der Waals surface area contributed by atoms with Crippen molar-refractivity contribution in [1.82, 2.24) is 5.32 Å². The van der Waals surface area contributed by atoms with Gasteiger partial charge in [0.25, 0.3) is 0 Å². The topological polar surface area (TPSA) is 41.5 Å². The molecule has 0 atom stereocenters. The van der Waals surface area contributed by atoms with Crippen molar-refractivity contribution < 1.29 is 9.84 Å². The fourth-order valence-corrected chi connectivity index (χ4v) is 2.64. The van der Waals surface area contributed by atoms with Crippen LogP contribution in [0, 0.1) is 0 Å². The van der Waals surface area contributed by atoms with E-state index in [9.17, 15) is 0 Å². The van der Waals surface area contributed by atoms with E-state index >= 15 is 0 Å². The summed E-state index contributed by atoms with van der Waals surface area (Å²) in [7, 11) is 0. The van der Waals surface area contributed by atoms with Crippen LogP contribution in [0.15, 0.2) is 24.3 Å². The highest BCUT2D eigenvalue weighted by Gasteiger charge is 2.30. The van der Waals surface area contributed by atoms with Crippen molar-refractivity contribution in [3.63, 3.8) is 0 Å². The van der Waals surface area contributed by atoms with E-state index < -0.39 is 0 Å². The molecule has 0 amide bonds. The van der Waals surface area contributed by atoms with Gasteiger partial charge in [0.15, 0.2) is 0 Å². The summed E-state index contributed by atoms with van der Waals surface area (Å²) >= 11 is 6.18. The molecule has 1 aromatic carbocycles. The number of hydrogen-bond donors (Lipinski definition) is 2. The standard InChI is InChI=1S/C14H20ClNO2/c15-14-4-2-1-3-13(14)11-9-12(10-11)16-5-7-18-8-6-17/h1-4,11-12,16-17H,5-10H2. The number of hydrogen-bond acceptors (Lipinski definition) is 3. The average molecular weight is 270 g/mol. The molecule has 0 unspecified atom stereocenters. The van der Waals surface area contributed by atoms with E-state index in [2.05, 4.69) is 11.4 Å². The van der Waals surface area contributed by atoms with Gasteiger partial charge in [0.05, 0.1) is 19.8 Å². The van der Waals surface area contributed by atoms with Crippen molar-refractivity contribution in [3.05, 3.63) is 34.9 Å². The largest absolute Gasteiger partial charge is 0.394 e. The lowest BCUT2D eigenvalue weighted by molar-refractivity contribution is 0.0901. The highest BCUT2D eigenvalue weighted by Crippen LogP contribution is 2.39. The maximum Gasteiger partial charge on any atom is 0.0698 e. The first kappa shape index (κ1) is 13.8. The van der Waals surface area contributed by atoms with Gasteiger partial charge in [0.2, 0.25) is 0 Å². The second kappa shape index (κ2) is 7.10. The molecule has 0 bridgehead atoms. The van der Waals surface area contributed by atoms with E-state index in [-0.39, 0.29) is 6.61 Å². The van der Waals surface area contributed by atoms with Gasteiger partial charge in [-0.3, -0.25) is 0 Å². The zero-order valence-electron chi connectivity index (χ0n) is 10.4. The quantitative estimate of drug-likeness (QED) is 0.746. The van der Waals surface area contributed by atoms with Crippen molar-refractivity contribution >= 4 is 11.6 Å². The molecule has 0 aromatic heterocycles. The van der Waals surface area contributed by atoms with Gasteiger partial charge in [-0.25, -0.2) is 0 Å². The predicted molar refractivity (Wildman–Crippen MR) is 73.1 cm³/mol. The Morgan fingerprint density at radius 1 is 1.28 bits per heavy atom. The number of aliphatic hydroxyl groups is 1. The molecular weight excluding hydrogens is 250 g/mol. The highest BCUT2D eigenvalue weighted by atomic mass is 35.5. The van der Waals surface area contributed by atoms with Crippen LogP contribution in [0.3, 0.4) is 0 Å². The van der Waals surface area contributed by atoms with Gasteiger partial charge >= 0.3 is 0 Å². The SMILES string of the molecule is OCCOCCNC1CC(c2ccccc2Cl)C1. The Balaban J connectivity index is 1.64. The molecule has 0 heterocycles. The molecule has 1 aliphatic rings. The second-order valence-corrected chi connectivity index (χ2v) is 5.08. The van der Waals surface area contributed by atoms with Crippen LogP contribution in [-0.2, 0) is 4.74 Å². The van der Waals surface area contributed by atoms with Crippen LogP contribution in [0.2, 0.25) is 5.02 Å². The minimum absolute atomic E-state index is 0.0952. The molecule has 2 rings (SSSR count). The molecule has 0 spiro atoms. The predicted octanol–water partition coefficient (Wildman–Crippen LogP) is 2.18. The Hall–Kier alpha value is -0.610. The maximum absolute atomic E-state index is 8.56. The summed E-state index contributed by atoms with van der Waals surface area (Å²) in [5, 5.41) is 12.9. The van der Waals surface area contributed by atoms with Gasteiger partial charge in [-0.15, -0.1) is 0 Å². The van der Waals surface area contributed by atoms with Gasteiger partial charge in [-0.1, -0.05) is 29.8 Å². The minimum Gasteiger partial charge on any atom is -0.394 e. The molecule has 100 valence electrons.